The van der Waals surface area contributed by atoms with Gasteiger partial charge in [-0.25, -0.2) is 5.16 Å². The monoisotopic (exact) mass is 194 g/mol. The Bertz CT molecular complexity index is 336. The van der Waals surface area contributed by atoms with E-state index in [9.17, 15) is 10.4 Å². The summed E-state index contributed by atoms with van der Waals surface area (Å²) in [7, 11) is 0. The molecule has 0 radical (unpaired) electrons. The summed E-state index contributed by atoms with van der Waals surface area (Å²) in [6.45, 7) is 5.81. The summed E-state index contributed by atoms with van der Waals surface area (Å²) in [5.41, 5.74) is 1.08. The van der Waals surface area contributed by atoms with Crippen LogP contribution in [0.3, 0.4) is 0 Å². The van der Waals surface area contributed by atoms with Crippen molar-refractivity contribution in [3.63, 3.8) is 0 Å². The fourth-order valence-corrected chi connectivity index (χ4v) is 1.22. The zero-order chi connectivity index (χ0) is 10.8. The third-order valence-electron chi connectivity index (χ3n) is 1.94. The minimum Gasteiger partial charge on any atom is -0.625 e. The van der Waals surface area contributed by atoms with Crippen LogP contribution in [0.2, 0.25) is 0 Å². The third kappa shape index (κ3) is 2.22. The molecule has 0 atom stereocenters. The van der Waals surface area contributed by atoms with Gasteiger partial charge in [-0.3, -0.25) is 0 Å². The first-order chi connectivity index (χ1) is 6.45. The van der Waals surface area contributed by atoms with E-state index in [1.165, 1.54) is 12.4 Å². The predicted molar refractivity (Wildman–Crippen MR) is 53.3 cm³/mol. The van der Waals surface area contributed by atoms with Crippen molar-refractivity contribution in [3.8, 4) is 0 Å². The molecule has 0 aromatic carbocycles. The topological polar surface area (TPSA) is 64.0 Å². The summed E-state index contributed by atoms with van der Waals surface area (Å²) < 4.78 is 0.689. The van der Waals surface area contributed by atoms with Gasteiger partial charge in [0.05, 0.1) is 5.56 Å². The fourth-order valence-electron chi connectivity index (χ4n) is 1.22. The van der Waals surface area contributed by atoms with Gasteiger partial charge in [0.2, 0.25) is 0 Å². The quantitative estimate of drug-likeness (QED) is 0.289. The number of nitrogens with one attached hydrogen (secondary N) is 1. The number of aromatic nitrogens is 1. The van der Waals surface area contributed by atoms with E-state index in [4.69, 9.17) is 0 Å². The predicted octanol–water partition coefficient (Wildman–Crippen LogP) is -0.266. The van der Waals surface area contributed by atoms with Crippen LogP contribution in [-0.4, -0.2) is 5.71 Å². The Balaban J connectivity index is 3.10. The van der Waals surface area contributed by atoms with Crippen LogP contribution in [0.1, 0.15) is 26.3 Å². The van der Waals surface area contributed by atoms with E-state index >= 15 is 0 Å². The second kappa shape index (κ2) is 3.65. The molecule has 1 heterocycles. The van der Waals surface area contributed by atoms with E-state index in [1.54, 1.807) is 12.1 Å². The standard InChI is InChI=1S/C10H14N2O2/c1-10(2,3)9(11-13)8-4-6-12(14)7-5-8/h4-7,11H,1-3H3. The average molecular weight is 194 g/mol. The Morgan fingerprint density at radius 1 is 1.29 bits per heavy atom. The van der Waals surface area contributed by atoms with Gasteiger partial charge in [0.1, 0.15) is 0 Å². The molecule has 0 unspecified atom stereocenters. The molecule has 4 heteroatoms. The van der Waals surface area contributed by atoms with Crippen LogP contribution in [-0.2, 0) is 0 Å². The Morgan fingerprint density at radius 2 is 1.79 bits per heavy atom. The minimum atomic E-state index is -0.253. The highest BCUT2D eigenvalue weighted by atomic mass is 16.5. The van der Waals surface area contributed by atoms with E-state index in [0.717, 1.165) is 5.56 Å². The number of rotatable bonds is 1. The minimum absolute atomic E-state index is 0.253. The summed E-state index contributed by atoms with van der Waals surface area (Å²) >= 11 is 0. The molecular weight excluding hydrogens is 180 g/mol. The lowest BCUT2D eigenvalue weighted by Crippen LogP contribution is -2.69. The van der Waals surface area contributed by atoms with Gasteiger partial charge in [-0.1, -0.05) is 20.8 Å². The van der Waals surface area contributed by atoms with Crippen molar-refractivity contribution in [2.24, 2.45) is 5.41 Å². The second-order valence-electron chi connectivity index (χ2n) is 4.17. The van der Waals surface area contributed by atoms with E-state index < -0.39 is 0 Å². The Labute approximate surface area is 83.1 Å². The molecule has 0 saturated heterocycles. The maximum absolute atomic E-state index is 10.8. The highest BCUT2D eigenvalue weighted by Crippen LogP contribution is 2.17. The van der Waals surface area contributed by atoms with Crippen LogP contribution in [0, 0.1) is 15.8 Å². The van der Waals surface area contributed by atoms with Crippen molar-refractivity contribution < 1.29 is 9.89 Å². The fraction of sp³-hybridized carbons (Fsp3) is 0.400. The van der Waals surface area contributed by atoms with Crippen molar-refractivity contribution in [2.75, 3.05) is 0 Å². The Kier molecular flexibility index (Phi) is 2.74. The van der Waals surface area contributed by atoms with Gasteiger partial charge in [-0.15, -0.1) is 0 Å². The first kappa shape index (κ1) is 10.5. The van der Waals surface area contributed by atoms with Crippen LogP contribution in [0.25, 0.3) is 0 Å². The van der Waals surface area contributed by atoms with Crippen molar-refractivity contribution in [1.82, 2.24) is 0 Å². The lowest BCUT2D eigenvalue weighted by molar-refractivity contribution is -0.605. The van der Waals surface area contributed by atoms with Gasteiger partial charge in [-0.2, -0.15) is 4.73 Å². The molecule has 0 bridgehead atoms. The molecule has 0 aliphatic carbocycles. The second-order valence-corrected chi connectivity index (χ2v) is 4.17. The summed E-state index contributed by atoms with van der Waals surface area (Å²) in [6.07, 6.45) is 2.75. The van der Waals surface area contributed by atoms with E-state index in [0.29, 0.717) is 10.4 Å². The van der Waals surface area contributed by atoms with Crippen LogP contribution in [0.5, 0.6) is 0 Å². The highest BCUT2D eigenvalue weighted by molar-refractivity contribution is 5.99. The van der Waals surface area contributed by atoms with Gasteiger partial charge >= 0.3 is 0 Å². The first-order valence-electron chi connectivity index (χ1n) is 4.40. The van der Waals surface area contributed by atoms with E-state index in [-0.39, 0.29) is 5.41 Å². The maximum atomic E-state index is 10.8. The molecule has 0 aliphatic heterocycles. The molecule has 1 rings (SSSR count). The SMILES string of the molecule is CC(C)(C)C(=[NH+][O-])c1cc[n+]([O-])cc1. The van der Waals surface area contributed by atoms with Crippen molar-refractivity contribution in [3.05, 3.63) is 40.5 Å². The molecule has 1 N–H and O–H groups in total. The number of pyridine rings is 1. The molecule has 0 aliphatic rings. The zero-order valence-electron chi connectivity index (χ0n) is 8.57. The third-order valence-corrected chi connectivity index (χ3v) is 1.94. The van der Waals surface area contributed by atoms with Crippen molar-refractivity contribution in [2.45, 2.75) is 20.8 Å². The van der Waals surface area contributed by atoms with E-state index in [2.05, 4.69) is 0 Å². The normalized spacial score (nSPS) is 12.9. The van der Waals surface area contributed by atoms with Crippen LogP contribution in [0.15, 0.2) is 24.5 Å². The molecule has 0 spiro atoms. The summed E-state index contributed by atoms with van der Waals surface area (Å²) in [5.74, 6) is 0. The number of hydrogen-bond acceptors (Lipinski definition) is 2. The van der Waals surface area contributed by atoms with Gasteiger partial charge in [0.15, 0.2) is 18.1 Å². The molecule has 1 aromatic heterocycles. The lowest BCUT2D eigenvalue weighted by Gasteiger charge is -2.16. The largest absolute Gasteiger partial charge is 0.625 e. The van der Waals surface area contributed by atoms with Crippen molar-refractivity contribution >= 4 is 5.71 Å². The van der Waals surface area contributed by atoms with Crippen molar-refractivity contribution in [1.29, 1.82) is 0 Å². The summed E-state index contributed by atoms with van der Waals surface area (Å²) in [6, 6.07) is 3.25. The molecule has 4 nitrogen and oxygen atoms in total. The van der Waals surface area contributed by atoms with Gasteiger partial charge < -0.3 is 10.4 Å². The van der Waals surface area contributed by atoms with E-state index in [1.807, 2.05) is 25.9 Å². The van der Waals surface area contributed by atoms with Crippen LogP contribution < -0.4 is 9.89 Å². The Morgan fingerprint density at radius 3 is 2.14 bits per heavy atom. The zero-order valence-corrected chi connectivity index (χ0v) is 8.57. The van der Waals surface area contributed by atoms with Gasteiger partial charge in [-0.05, 0) is 0 Å². The highest BCUT2D eigenvalue weighted by Gasteiger charge is 2.25. The molecule has 0 fully saturated rings. The molecule has 1 aromatic rings. The van der Waals surface area contributed by atoms with Gasteiger partial charge in [0.25, 0.3) is 0 Å². The number of hydrogen-bond donors (Lipinski definition) is 1. The summed E-state index contributed by atoms with van der Waals surface area (Å²) in [5, 5.41) is 23.5. The molecule has 76 valence electrons. The van der Waals surface area contributed by atoms with Crippen LogP contribution >= 0.6 is 0 Å². The maximum Gasteiger partial charge on any atom is 0.198 e. The number of nitrogens with zero attached hydrogens (tertiary/aromatic N) is 1. The average Bonchev–Trinajstić information content (AvgIpc) is 2.07. The molecule has 0 saturated carbocycles. The summed E-state index contributed by atoms with van der Waals surface area (Å²) in [4.78, 5) is 0. The molecule has 14 heavy (non-hydrogen) atoms. The lowest BCUT2D eigenvalue weighted by atomic mass is 9.86. The molecular formula is C10H14N2O2. The smallest absolute Gasteiger partial charge is 0.198 e. The first-order valence-corrected chi connectivity index (χ1v) is 4.40. The molecule has 0 amide bonds. The van der Waals surface area contributed by atoms with Gasteiger partial charge in [0, 0.05) is 17.5 Å². The Hall–Kier alpha value is -1.58. The van der Waals surface area contributed by atoms with Crippen LogP contribution in [0.4, 0.5) is 0 Å².